The zero-order chi connectivity index (χ0) is 8.69. The highest BCUT2D eigenvalue weighted by Gasteiger charge is 1.95. The molecule has 0 radical (unpaired) electrons. The van der Waals surface area contributed by atoms with Gasteiger partial charge < -0.3 is 10.1 Å². The lowest BCUT2D eigenvalue weighted by Crippen LogP contribution is -2.27. The first kappa shape index (κ1) is 10.2. The topological polar surface area (TPSA) is 38.3 Å². The molecule has 0 spiro atoms. The molecule has 0 aliphatic carbocycles. The van der Waals surface area contributed by atoms with Crippen molar-refractivity contribution in [2.45, 2.75) is 19.9 Å². The van der Waals surface area contributed by atoms with Crippen LogP contribution in [0, 0.1) is 0 Å². The van der Waals surface area contributed by atoms with Gasteiger partial charge in [-0.25, -0.2) is 4.79 Å². The van der Waals surface area contributed by atoms with Crippen LogP contribution in [-0.4, -0.2) is 25.2 Å². The summed E-state index contributed by atoms with van der Waals surface area (Å²) in [4.78, 5) is 10.5. The van der Waals surface area contributed by atoms with Crippen LogP contribution in [0.4, 0.5) is 0 Å². The van der Waals surface area contributed by atoms with Crippen molar-refractivity contribution in [3.05, 3.63) is 12.7 Å². The molecule has 1 N–H and O–H groups in total. The van der Waals surface area contributed by atoms with E-state index in [1.807, 2.05) is 13.8 Å². The molecule has 0 unspecified atom stereocenters. The van der Waals surface area contributed by atoms with Crippen molar-refractivity contribution in [3.63, 3.8) is 0 Å². The molecule has 0 aromatic heterocycles. The van der Waals surface area contributed by atoms with E-state index in [9.17, 15) is 4.79 Å². The maximum absolute atomic E-state index is 10.5. The summed E-state index contributed by atoms with van der Waals surface area (Å²) < 4.78 is 4.72. The van der Waals surface area contributed by atoms with Crippen molar-refractivity contribution in [3.8, 4) is 0 Å². The molecule has 0 fully saturated rings. The minimum absolute atomic E-state index is 0.365. The maximum Gasteiger partial charge on any atom is 0.330 e. The summed E-state index contributed by atoms with van der Waals surface area (Å²) in [7, 11) is 0. The predicted molar refractivity (Wildman–Crippen MR) is 44.3 cm³/mol. The average molecular weight is 157 g/mol. The molecule has 0 rings (SSSR count). The standard InChI is InChI=1S/C8H15NO2/c1-4-8(10)11-6-5-9-7(2)3/h4,7,9H,1,5-6H2,2-3H3. The summed E-state index contributed by atoms with van der Waals surface area (Å²) >= 11 is 0. The summed E-state index contributed by atoms with van der Waals surface area (Å²) in [6.45, 7) is 8.45. The van der Waals surface area contributed by atoms with Gasteiger partial charge in [0.2, 0.25) is 0 Å². The Morgan fingerprint density at radius 3 is 2.82 bits per heavy atom. The van der Waals surface area contributed by atoms with E-state index >= 15 is 0 Å². The minimum Gasteiger partial charge on any atom is -0.461 e. The summed E-state index contributed by atoms with van der Waals surface area (Å²) in [5.74, 6) is -0.365. The van der Waals surface area contributed by atoms with Crippen molar-refractivity contribution in [1.82, 2.24) is 5.32 Å². The smallest absolute Gasteiger partial charge is 0.330 e. The Balaban J connectivity index is 3.14. The van der Waals surface area contributed by atoms with Gasteiger partial charge in [-0.15, -0.1) is 0 Å². The summed E-state index contributed by atoms with van der Waals surface area (Å²) in [5, 5.41) is 3.11. The number of hydrogen-bond donors (Lipinski definition) is 1. The Hall–Kier alpha value is -0.830. The Bertz CT molecular complexity index is 132. The zero-order valence-electron chi connectivity index (χ0n) is 7.09. The van der Waals surface area contributed by atoms with Gasteiger partial charge >= 0.3 is 5.97 Å². The van der Waals surface area contributed by atoms with E-state index in [2.05, 4.69) is 11.9 Å². The van der Waals surface area contributed by atoms with Gasteiger partial charge in [-0.2, -0.15) is 0 Å². The van der Waals surface area contributed by atoms with Gasteiger partial charge in [-0.05, 0) is 0 Å². The van der Waals surface area contributed by atoms with E-state index in [0.29, 0.717) is 19.2 Å². The van der Waals surface area contributed by atoms with Gasteiger partial charge in [0.05, 0.1) is 0 Å². The second kappa shape index (κ2) is 5.92. The average Bonchev–Trinajstić information content (AvgIpc) is 1.97. The normalized spacial score (nSPS) is 9.73. The number of hydrogen-bond acceptors (Lipinski definition) is 3. The number of carbonyl (C=O) groups excluding carboxylic acids is 1. The van der Waals surface area contributed by atoms with Crippen molar-refractivity contribution in [2.24, 2.45) is 0 Å². The van der Waals surface area contributed by atoms with Crippen LogP contribution in [0.3, 0.4) is 0 Å². The highest BCUT2D eigenvalue weighted by molar-refractivity contribution is 5.81. The van der Waals surface area contributed by atoms with Crippen LogP contribution in [0.15, 0.2) is 12.7 Å². The minimum atomic E-state index is -0.365. The highest BCUT2D eigenvalue weighted by Crippen LogP contribution is 1.79. The lowest BCUT2D eigenvalue weighted by Gasteiger charge is -2.06. The fourth-order valence-corrected chi connectivity index (χ4v) is 0.558. The summed E-state index contributed by atoms with van der Waals surface area (Å²) in [6, 6.07) is 0.428. The molecule has 0 atom stereocenters. The molecule has 0 saturated carbocycles. The molecule has 0 aliphatic rings. The Labute approximate surface area is 67.4 Å². The number of carbonyl (C=O) groups is 1. The molecule has 0 saturated heterocycles. The SMILES string of the molecule is C=CC(=O)OCCNC(C)C. The molecule has 0 aliphatic heterocycles. The molecule has 3 nitrogen and oxygen atoms in total. The Morgan fingerprint density at radius 1 is 1.73 bits per heavy atom. The Morgan fingerprint density at radius 2 is 2.36 bits per heavy atom. The number of esters is 1. The van der Waals surface area contributed by atoms with E-state index in [-0.39, 0.29) is 5.97 Å². The third kappa shape index (κ3) is 7.06. The number of nitrogens with one attached hydrogen (secondary N) is 1. The lowest BCUT2D eigenvalue weighted by atomic mass is 10.4. The zero-order valence-corrected chi connectivity index (χ0v) is 7.09. The van der Waals surface area contributed by atoms with Gasteiger partial charge in [0, 0.05) is 18.7 Å². The van der Waals surface area contributed by atoms with E-state index in [1.54, 1.807) is 0 Å². The summed E-state index contributed by atoms with van der Waals surface area (Å²) in [6.07, 6.45) is 1.16. The van der Waals surface area contributed by atoms with Crippen molar-refractivity contribution in [2.75, 3.05) is 13.2 Å². The van der Waals surface area contributed by atoms with Gasteiger partial charge in [-0.1, -0.05) is 20.4 Å². The second-order valence-electron chi connectivity index (χ2n) is 2.48. The van der Waals surface area contributed by atoms with Crippen molar-refractivity contribution in [1.29, 1.82) is 0 Å². The molecule has 3 heteroatoms. The third-order valence-corrected chi connectivity index (χ3v) is 1.07. The molecule has 0 heterocycles. The summed E-state index contributed by atoms with van der Waals surface area (Å²) in [5.41, 5.74) is 0. The van der Waals surface area contributed by atoms with E-state index < -0.39 is 0 Å². The van der Waals surface area contributed by atoms with Crippen LogP contribution >= 0.6 is 0 Å². The first-order valence-corrected chi connectivity index (χ1v) is 3.69. The fraction of sp³-hybridized carbons (Fsp3) is 0.625. The molecular weight excluding hydrogens is 142 g/mol. The van der Waals surface area contributed by atoms with Crippen molar-refractivity contribution < 1.29 is 9.53 Å². The maximum atomic E-state index is 10.5. The van der Waals surface area contributed by atoms with E-state index in [1.165, 1.54) is 0 Å². The van der Waals surface area contributed by atoms with Gasteiger partial charge in [0.15, 0.2) is 0 Å². The van der Waals surface area contributed by atoms with E-state index in [0.717, 1.165) is 6.08 Å². The largest absolute Gasteiger partial charge is 0.461 e. The number of rotatable bonds is 5. The Kier molecular flexibility index (Phi) is 5.47. The quantitative estimate of drug-likeness (QED) is 0.363. The van der Waals surface area contributed by atoms with Crippen LogP contribution in [0.25, 0.3) is 0 Å². The van der Waals surface area contributed by atoms with Crippen LogP contribution in [-0.2, 0) is 9.53 Å². The van der Waals surface area contributed by atoms with Crippen LogP contribution in [0.2, 0.25) is 0 Å². The molecule has 0 aromatic carbocycles. The molecule has 0 bridgehead atoms. The first-order chi connectivity index (χ1) is 5.16. The lowest BCUT2D eigenvalue weighted by molar-refractivity contribution is -0.137. The molecule has 64 valence electrons. The van der Waals surface area contributed by atoms with Gasteiger partial charge in [0.1, 0.15) is 6.61 Å². The second-order valence-corrected chi connectivity index (χ2v) is 2.48. The monoisotopic (exact) mass is 157 g/mol. The third-order valence-electron chi connectivity index (χ3n) is 1.07. The molecular formula is C8H15NO2. The number of ether oxygens (including phenoxy) is 1. The van der Waals surface area contributed by atoms with Crippen LogP contribution in [0.5, 0.6) is 0 Å². The highest BCUT2D eigenvalue weighted by atomic mass is 16.5. The fourth-order valence-electron chi connectivity index (χ4n) is 0.558. The van der Waals surface area contributed by atoms with Crippen molar-refractivity contribution >= 4 is 5.97 Å². The molecule has 11 heavy (non-hydrogen) atoms. The molecule has 0 amide bonds. The molecule has 0 aromatic rings. The first-order valence-electron chi connectivity index (χ1n) is 3.69. The predicted octanol–water partition coefficient (Wildman–Crippen LogP) is 0.714. The van der Waals surface area contributed by atoms with E-state index in [4.69, 9.17) is 4.74 Å². The van der Waals surface area contributed by atoms with Gasteiger partial charge in [-0.3, -0.25) is 0 Å². The van der Waals surface area contributed by atoms with Crippen LogP contribution in [0.1, 0.15) is 13.8 Å². The van der Waals surface area contributed by atoms with Gasteiger partial charge in [0.25, 0.3) is 0 Å². The van der Waals surface area contributed by atoms with Crippen LogP contribution < -0.4 is 5.32 Å².